The average molecular weight is 557 g/mol. The molecule has 0 aliphatic carbocycles. The molecule has 0 spiro atoms. The topological polar surface area (TPSA) is 86.8 Å². The van der Waals surface area contributed by atoms with Crippen LogP contribution in [0.4, 0.5) is 5.69 Å². The van der Waals surface area contributed by atoms with Crippen LogP contribution in [0.3, 0.4) is 0 Å². The van der Waals surface area contributed by atoms with Crippen LogP contribution >= 0.6 is 23.2 Å². The quantitative estimate of drug-likeness (QED) is 0.391. The molecule has 7 nitrogen and oxygen atoms in total. The normalized spacial score (nSPS) is 12.3. The fraction of sp³-hybridized carbons (Fsp3) is 0.462. The molecule has 2 aromatic rings. The number of hydrogen-bond donors (Lipinski definition) is 1. The van der Waals surface area contributed by atoms with Gasteiger partial charge in [-0.1, -0.05) is 54.4 Å². The van der Waals surface area contributed by atoms with Crippen molar-refractivity contribution < 1.29 is 18.0 Å². The van der Waals surface area contributed by atoms with Crippen molar-refractivity contribution in [2.24, 2.45) is 0 Å². The van der Waals surface area contributed by atoms with Crippen LogP contribution in [0.5, 0.6) is 0 Å². The zero-order chi connectivity index (χ0) is 27.0. The first kappa shape index (κ1) is 29.9. The summed E-state index contributed by atoms with van der Waals surface area (Å²) in [6, 6.07) is 11.5. The number of amides is 2. The lowest BCUT2D eigenvalue weighted by Crippen LogP contribution is -2.50. The molecule has 0 aliphatic heterocycles. The molecule has 0 heterocycles. The van der Waals surface area contributed by atoms with Crippen molar-refractivity contribution in [2.75, 3.05) is 17.1 Å². The van der Waals surface area contributed by atoms with Crippen LogP contribution in [0.15, 0.2) is 42.5 Å². The number of halogens is 2. The van der Waals surface area contributed by atoms with Crippen molar-refractivity contribution in [3.8, 4) is 0 Å². The Morgan fingerprint density at radius 3 is 2.25 bits per heavy atom. The van der Waals surface area contributed by atoms with Gasteiger partial charge in [0.05, 0.1) is 11.9 Å². The summed E-state index contributed by atoms with van der Waals surface area (Å²) in [5, 5.41) is 3.86. The Labute approximate surface area is 224 Å². The number of sulfonamides is 1. The second-order valence-corrected chi connectivity index (χ2v) is 11.7. The molecule has 2 rings (SSSR count). The Morgan fingerprint density at radius 2 is 1.67 bits per heavy atom. The third-order valence-corrected chi connectivity index (χ3v) is 7.73. The molecule has 0 unspecified atom stereocenters. The molecular weight excluding hydrogens is 521 g/mol. The van der Waals surface area contributed by atoms with E-state index in [0.717, 1.165) is 11.8 Å². The van der Waals surface area contributed by atoms with Crippen LogP contribution in [-0.2, 0) is 26.2 Å². The molecule has 0 bridgehead atoms. The number of rotatable bonds is 12. The van der Waals surface area contributed by atoms with Crippen LogP contribution in [0.1, 0.15) is 51.2 Å². The molecule has 198 valence electrons. The maximum Gasteiger partial charge on any atom is 0.243 e. The second-order valence-electron chi connectivity index (χ2n) is 9.02. The van der Waals surface area contributed by atoms with E-state index in [1.165, 1.54) is 9.21 Å². The number of benzene rings is 2. The second kappa shape index (κ2) is 13.3. The highest BCUT2D eigenvalue weighted by Crippen LogP contribution is 2.28. The standard InChI is InChI=1S/C26H35Cl2N3O4S/c1-6-23(26(33)29-18(2)3)30(17-20-11-7-8-12-22(20)28)25(32)15-10-16-31(36(5,34)35)24-14-9-13-21(27)19(24)4/h7-9,11-14,18,23H,6,10,15-17H2,1-5H3,(H,29,33)/t23-/m1/s1. The van der Waals surface area contributed by atoms with Crippen LogP contribution in [0.2, 0.25) is 10.0 Å². The number of hydrogen-bond acceptors (Lipinski definition) is 4. The van der Waals surface area contributed by atoms with Gasteiger partial charge in [-0.15, -0.1) is 0 Å². The van der Waals surface area contributed by atoms with E-state index in [1.807, 2.05) is 32.9 Å². The van der Waals surface area contributed by atoms with Crippen molar-refractivity contribution in [3.05, 3.63) is 63.6 Å². The average Bonchev–Trinajstić information content (AvgIpc) is 2.78. The van der Waals surface area contributed by atoms with Gasteiger partial charge >= 0.3 is 0 Å². The Balaban J connectivity index is 2.26. The number of nitrogens with zero attached hydrogens (tertiary/aromatic N) is 2. The summed E-state index contributed by atoms with van der Waals surface area (Å²) in [7, 11) is -3.61. The molecule has 0 aromatic heterocycles. The van der Waals surface area contributed by atoms with Gasteiger partial charge in [-0.25, -0.2) is 8.42 Å². The summed E-state index contributed by atoms with van der Waals surface area (Å²) in [4.78, 5) is 27.9. The molecule has 1 N–H and O–H groups in total. The van der Waals surface area contributed by atoms with Crippen LogP contribution in [-0.4, -0.2) is 50.0 Å². The van der Waals surface area contributed by atoms with Crippen molar-refractivity contribution in [1.29, 1.82) is 0 Å². The van der Waals surface area contributed by atoms with Crippen LogP contribution in [0.25, 0.3) is 0 Å². The Bertz CT molecular complexity index is 1170. The third-order valence-electron chi connectivity index (χ3n) is 5.78. The SMILES string of the molecule is CC[C@H](C(=O)NC(C)C)N(Cc1ccccc1Cl)C(=O)CCCN(c1cccc(Cl)c1C)S(C)(=O)=O. The summed E-state index contributed by atoms with van der Waals surface area (Å²) >= 11 is 12.6. The molecule has 10 heteroatoms. The van der Waals surface area contributed by atoms with Gasteiger partial charge in [0, 0.05) is 35.6 Å². The molecule has 0 fully saturated rings. The molecule has 2 amide bonds. The maximum absolute atomic E-state index is 13.5. The van der Waals surface area contributed by atoms with E-state index in [9.17, 15) is 18.0 Å². The predicted molar refractivity (Wildman–Crippen MR) is 147 cm³/mol. The third kappa shape index (κ3) is 8.11. The maximum atomic E-state index is 13.5. The van der Waals surface area contributed by atoms with E-state index >= 15 is 0 Å². The molecule has 0 saturated heterocycles. The summed E-state index contributed by atoms with van der Waals surface area (Å²) in [6.07, 6.45) is 1.87. The van der Waals surface area contributed by atoms with Gasteiger partial charge in [0.2, 0.25) is 21.8 Å². The zero-order valence-corrected chi connectivity index (χ0v) is 23.8. The minimum absolute atomic E-state index is 0.0571. The van der Waals surface area contributed by atoms with Gasteiger partial charge in [0.1, 0.15) is 6.04 Å². The fourth-order valence-electron chi connectivity index (χ4n) is 3.96. The van der Waals surface area contributed by atoms with E-state index < -0.39 is 16.1 Å². The smallest absolute Gasteiger partial charge is 0.243 e. The largest absolute Gasteiger partial charge is 0.352 e. The van der Waals surface area contributed by atoms with Gasteiger partial charge in [0.15, 0.2) is 0 Å². The van der Waals surface area contributed by atoms with Crippen molar-refractivity contribution in [3.63, 3.8) is 0 Å². The van der Waals surface area contributed by atoms with Crippen molar-refractivity contribution in [1.82, 2.24) is 10.2 Å². The number of carbonyl (C=O) groups is 2. The van der Waals surface area contributed by atoms with Gasteiger partial charge in [-0.2, -0.15) is 0 Å². The van der Waals surface area contributed by atoms with E-state index in [1.54, 1.807) is 37.3 Å². The Morgan fingerprint density at radius 1 is 1.03 bits per heavy atom. The molecule has 0 aliphatic rings. The zero-order valence-electron chi connectivity index (χ0n) is 21.4. The lowest BCUT2D eigenvalue weighted by molar-refractivity contribution is -0.141. The molecular formula is C26H35Cl2N3O4S. The first-order valence-electron chi connectivity index (χ1n) is 11.9. The Hall–Kier alpha value is -2.29. The molecule has 2 aromatic carbocycles. The van der Waals surface area contributed by atoms with Gasteiger partial charge in [-0.05, 0) is 62.9 Å². The first-order chi connectivity index (χ1) is 16.9. The highest BCUT2D eigenvalue weighted by Gasteiger charge is 2.29. The van der Waals surface area contributed by atoms with E-state index in [-0.39, 0.29) is 43.8 Å². The minimum Gasteiger partial charge on any atom is -0.352 e. The monoisotopic (exact) mass is 555 g/mol. The summed E-state index contributed by atoms with van der Waals surface area (Å²) in [6.45, 7) is 7.60. The fourth-order valence-corrected chi connectivity index (χ4v) is 5.34. The van der Waals surface area contributed by atoms with Gasteiger partial charge < -0.3 is 10.2 Å². The highest BCUT2D eigenvalue weighted by molar-refractivity contribution is 7.92. The summed E-state index contributed by atoms with van der Waals surface area (Å²) < 4.78 is 26.4. The lowest BCUT2D eigenvalue weighted by atomic mass is 10.1. The molecule has 0 radical (unpaired) electrons. The highest BCUT2D eigenvalue weighted by atomic mass is 35.5. The van der Waals surface area contributed by atoms with Crippen molar-refractivity contribution >= 4 is 50.7 Å². The molecule has 0 saturated carbocycles. The first-order valence-corrected chi connectivity index (χ1v) is 14.5. The molecule has 1 atom stereocenters. The predicted octanol–water partition coefficient (Wildman–Crippen LogP) is 5.18. The number of carbonyl (C=O) groups excluding carboxylic acids is 2. The Kier molecular flexibility index (Phi) is 11.1. The van der Waals surface area contributed by atoms with Gasteiger partial charge in [0.25, 0.3) is 0 Å². The minimum atomic E-state index is -3.61. The van der Waals surface area contributed by atoms with Crippen molar-refractivity contribution in [2.45, 2.75) is 65.6 Å². The number of nitrogens with one attached hydrogen (secondary N) is 1. The van der Waals surface area contributed by atoms with E-state index in [4.69, 9.17) is 23.2 Å². The van der Waals surface area contributed by atoms with E-state index in [2.05, 4.69) is 5.32 Å². The summed E-state index contributed by atoms with van der Waals surface area (Å²) in [5.41, 5.74) is 1.86. The number of anilines is 1. The van der Waals surface area contributed by atoms with Crippen LogP contribution < -0.4 is 9.62 Å². The lowest BCUT2D eigenvalue weighted by Gasteiger charge is -2.32. The molecule has 36 heavy (non-hydrogen) atoms. The van der Waals surface area contributed by atoms with Gasteiger partial charge in [-0.3, -0.25) is 13.9 Å². The van der Waals surface area contributed by atoms with E-state index in [0.29, 0.717) is 27.7 Å². The summed E-state index contributed by atoms with van der Waals surface area (Å²) in [5.74, 6) is -0.489. The van der Waals surface area contributed by atoms with Crippen LogP contribution in [0, 0.1) is 6.92 Å².